The molecule has 1 aliphatic heterocycles. The van der Waals surface area contributed by atoms with Crippen LogP contribution in [0.25, 0.3) is 0 Å². The molecule has 0 aliphatic carbocycles. The van der Waals surface area contributed by atoms with Crippen LogP contribution in [0, 0.1) is 6.92 Å². The average molecular weight is 577 g/mol. The Morgan fingerprint density at radius 1 is 1.05 bits per heavy atom. The number of piperazine rings is 1. The molecule has 1 aliphatic rings. The Morgan fingerprint density at radius 3 is 2.48 bits per heavy atom. The highest BCUT2D eigenvalue weighted by Crippen LogP contribution is 2.34. The lowest BCUT2D eigenvalue weighted by Gasteiger charge is -2.36. The third-order valence-electron chi connectivity index (χ3n) is 6.55. The normalized spacial score (nSPS) is 14.2. The van der Waals surface area contributed by atoms with Crippen molar-refractivity contribution in [3.63, 3.8) is 0 Å². The van der Waals surface area contributed by atoms with Crippen LogP contribution < -0.4 is 20.9 Å². The Morgan fingerprint density at radius 2 is 1.80 bits per heavy atom. The van der Waals surface area contributed by atoms with Crippen molar-refractivity contribution in [2.24, 2.45) is 0 Å². The highest BCUT2D eigenvalue weighted by Gasteiger charge is 2.33. The third-order valence-corrected chi connectivity index (χ3v) is 7.51. The van der Waals surface area contributed by atoms with Crippen molar-refractivity contribution in [2.75, 3.05) is 66.7 Å². The van der Waals surface area contributed by atoms with Crippen molar-refractivity contribution >= 4 is 45.3 Å². The van der Waals surface area contributed by atoms with Crippen LogP contribution in [0.3, 0.4) is 0 Å². The van der Waals surface area contributed by atoms with Crippen LogP contribution in [-0.4, -0.2) is 72.7 Å². The van der Waals surface area contributed by atoms with E-state index in [-0.39, 0.29) is 12.2 Å². The zero-order chi connectivity index (χ0) is 28.9. The SMILES string of the molecule is CCN1CCN(c2cc(C(=O)Nc3ccc(C)c(NC(=O)c4cnc(NCCO)s4)c3)cc(C(F)(F)F)c2)CC1. The Bertz CT molecular complexity index is 1360. The molecule has 4 N–H and O–H groups in total. The van der Waals surface area contributed by atoms with E-state index in [1.807, 2.05) is 11.8 Å². The lowest BCUT2D eigenvalue weighted by Crippen LogP contribution is -2.46. The van der Waals surface area contributed by atoms with E-state index in [4.69, 9.17) is 5.11 Å². The first-order chi connectivity index (χ1) is 19.1. The molecular formula is C27H31F3N6O3S. The van der Waals surface area contributed by atoms with Gasteiger partial charge in [0.15, 0.2) is 5.13 Å². The summed E-state index contributed by atoms with van der Waals surface area (Å²) in [6.45, 7) is 7.51. The molecule has 1 aromatic heterocycles. The number of nitrogens with zero attached hydrogens (tertiary/aromatic N) is 3. The summed E-state index contributed by atoms with van der Waals surface area (Å²) in [7, 11) is 0. The van der Waals surface area contributed by atoms with Gasteiger partial charge in [0, 0.05) is 55.3 Å². The molecule has 0 spiro atoms. The molecule has 1 saturated heterocycles. The number of nitrogens with one attached hydrogen (secondary N) is 3. The fraction of sp³-hybridized carbons (Fsp3) is 0.370. The molecule has 13 heteroatoms. The topological polar surface area (TPSA) is 110 Å². The number of rotatable bonds is 9. The number of halogens is 3. The van der Waals surface area contributed by atoms with Gasteiger partial charge in [-0.15, -0.1) is 0 Å². The zero-order valence-corrected chi connectivity index (χ0v) is 23.0. The van der Waals surface area contributed by atoms with Gasteiger partial charge in [-0.25, -0.2) is 4.98 Å². The van der Waals surface area contributed by atoms with E-state index in [9.17, 15) is 22.8 Å². The number of hydrogen-bond acceptors (Lipinski definition) is 8. The average Bonchev–Trinajstić information content (AvgIpc) is 3.42. The number of aryl methyl sites for hydroxylation is 1. The van der Waals surface area contributed by atoms with Gasteiger partial charge in [-0.2, -0.15) is 13.2 Å². The molecule has 0 saturated carbocycles. The molecule has 2 aromatic carbocycles. The second-order valence-corrected chi connectivity index (χ2v) is 10.3. The number of amides is 2. The standard InChI is InChI=1S/C27H31F3N6O3S/c1-3-35-7-9-36(10-8-35)21-13-18(12-19(14-21)27(28,29)30)24(38)33-20-5-4-17(2)22(15-20)34-25(39)23-16-32-26(40-23)31-6-11-37/h4-5,12-16,37H,3,6-11H2,1-2H3,(H,31,32)(H,33,38)(H,34,39). The molecule has 40 heavy (non-hydrogen) atoms. The van der Waals surface area contributed by atoms with Crippen molar-refractivity contribution in [2.45, 2.75) is 20.0 Å². The van der Waals surface area contributed by atoms with Gasteiger partial charge in [0.1, 0.15) is 4.88 Å². The number of carbonyl (C=O) groups excluding carboxylic acids is 2. The number of carbonyl (C=O) groups is 2. The van der Waals surface area contributed by atoms with Crippen LogP contribution >= 0.6 is 11.3 Å². The van der Waals surface area contributed by atoms with Crippen LogP contribution in [0.4, 0.5) is 35.4 Å². The van der Waals surface area contributed by atoms with Gasteiger partial charge in [0.05, 0.1) is 18.4 Å². The van der Waals surface area contributed by atoms with Gasteiger partial charge >= 0.3 is 6.18 Å². The number of aliphatic hydroxyl groups excluding tert-OH is 1. The van der Waals surface area contributed by atoms with Gasteiger partial charge in [0.2, 0.25) is 0 Å². The summed E-state index contributed by atoms with van der Waals surface area (Å²) >= 11 is 1.12. The molecule has 0 atom stereocenters. The Hall–Kier alpha value is -3.68. The van der Waals surface area contributed by atoms with E-state index in [0.29, 0.717) is 46.7 Å². The summed E-state index contributed by atoms with van der Waals surface area (Å²) in [5, 5.41) is 17.7. The highest BCUT2D eigenvalue weighted by atomic mass is 32.1. The largest absolute Gasteiger partial charge is 0.416 e. The fourth-order valence-electron chi connectivity index (χ4n) is 4.26. The van der Waals surface area contributed by atoms with Crippen molar-refractivity contribution in [3.8, 4) is 0 Å². The lowest BCUT2D eigenvalue weighted by atomic mass is 10.1. The highest BCUT2D eigenvalue weighted by molar-refractivity contribution is 7.17. The van der Waals surface area contributed by atoms with E-state index >= 15 is 0 Å². The monoisotopic (exact) mass is 576 g/mol. The molecule has 3 aromatic rings. The fourth-order valence-corrected chi connectivity index (χ4v) is 4.99. The van der Waals surface area contributed by atoms with Crippen molar-refractivity contribution in [1.29, 1.82) is 0 Å². The summed E-state index contributed by atoms with van der Waals surface area (Å²) in [6.07, 6.45) is -3.20. The van der Waals surface area contributed by atoms with E-state index in [0.717, 1.165) is 48.7 Å². The number of thiazole rings is 1. The van der Waals surface area contributed by atoms with Crippen LogP contribution in [0.2, 0.25) is 0 Å². The molecule has 0 unspecified atom stereocenters. The van der Waals surface area contributed by atoms with Crippen molar-refractivity contribution in [3.05, 3.63) is 64.2 Å². The number of likely N-dealkylation sites (N-methyl/N-ethyl adjacent to an activating group) is 1. The quantitative estimate of drug-likeness (QED) is 0.297. The minimum absolute atomic E-state index is 0.0728. The van der Waals surface area contributed by atoms with Gasteiger partial charge in [-0.05, 0) is 49.4 Å². The summed E-state index contributed by atoms with van der Waals surface area (Å²) in [5.41, 5.74) is 0.825. The molecule has 2 heterocycles. The van der Waals surface area contributed by atoms with Gasteiger partial charge in [-0.1, -0.05) is 24.3 Å². The molecule has 0 radical (unpaired) electrons. The van der Waals surface area contributed by atoms with Crippen LogP contribution in [0.15, 0.2) is 42.6 Å². The minimum Gasteiger partial charge on any atom is -0.395 e. The molecule has 0 bridgehead atoms. The summed E-state index contributed by atoms with van der Waals surface area (Å²) in [4.78, 5) is 34.4. The van der Waals surface area contributed by atoms with Gasteiger partial charge in [0.25, 0.3) is 11.8 Å². The molecule has 9 nitrogen and oxygen atoms in total. The third kappa shape index (κ3) is 7.29. The van der Waals surface area contributed by atoms with Crippen molar-refractivity contribution in [1.82, 2.24) is 9.88 Å². The number of alkyl halides is 3. The second-order valence-electron chi connectivity index (χ2n) is 9.31. The van der Waals surface area contributed by atoms with Gasteiger partial charge in [-0.3, -0.25) is 9.59 Å². The minimum atomic E-state index is -4.61. The molecule has 2 amide bonds. The van der Waals surface area contributed by atoms with E-state index in [2.05, 4.69) is 25.8 Å². The number of aliphatic hydroxyl groups is 1. The maximum atomic E-state index is 13.7. The number of aromatic nitrogens is 1. The Balaban J connectivity index is 1.51. The Labute approximate surface area is 234 Å². The van der Waals surface area contributed by atoms with E-state index in [1.165, 1.54) is 12.3 Å². The number of benzene rings is 2. The molecule has 4 rings (SSSR count). The first kappa shape index (κ1) is 29.3. The maximum absolute atomic E-state index is 13.7. The molecular weight excluding hydrogens is 545 g/mol. The predicted octanol–water partition coefficient (Wildman–Crippen LogP) is 4.52. The summed E-state index contributed by atoms with van der Waals surface area (Å²) < 4.78 is 41.2. The van der Waals surface area contributed by atoms with Crippen LogP contribution in [0.5, 0.6) is 0 Å². The van der Waals surface area contributed by atoms with Crippen LogP contribution in [0.1, 0.15) is 38.1 Å². The number of anilines is 4. The summed E-state index contributed by atoms with van der Waals surface area (Å²) in [5.74, 6) is -1.10. The smallest absolute Gasteiger partial charge is 0.395 e. The summed E-state index contributed by atoms with van der Waals surface area (Å²) in [6, 6.07) is 8.28. The van der Waals surface area contributed by atoms with Crippen molar-refractivity contribution < 1.29 is 27.9 Å². The predicted molar refractivity (Wildman–Crippen MR) is 151 cm³/mol. The molecule has 214 valence electrons. The van der Waals surface area contributed by atoms with Gasteiger partial charge < -0.3 is 30.9 Å². The Kier molecular flexibility index (Phi) is 9.28. The zero-order valence-electron chi connectivity index (χ0n) is 22.1. The first-order valence-electron chi connectivity index (χ1n) is 12.8. The maximum Gasteiger partial charge on any atom is 0.416 e. The molecule has 1 fully saturated rings. The van der Waals surface area contributed by atoms with E-state index < -0.39 is 23.6 Å². The lowest BCUT2D eigenvalue weighted by molar-refractivity contribution is -0.137. The van der Waals surface area contributed by atoms with Crippen LogP contribution in [-0.2, 0) is 6.18 Å². The first-order valence-corrected chi connectivity index (χ1v) is 13.6. The van der Waals surface area contributed by atoms with E-state index in [1.54, 1.807) is 25.1 Å². The number of hydrogen-bond donors (Lipinski definition) is 4. The second kappa shape index (κ2) is 12.7.